The first-order valence-corrected chi connectivity index (χ1v) is 7.89. The van der Waals surface area contributed by atoms with Crippen LogP contribution in [0.25, 0.3) is 6.08 Å². The van der Waals surface area contributed by atoms with E-state index in [9.17, 15) is 5.26 Å². The lowest BCUT2D eigenvalue weighted by Crippen LogP contribution is -2.35. The second kappa shape index (κ2) is 7.04. The summed E-state index contributed by atoms with van der Waals surface area (Å²) in [7, 11) is 0. The van der Waals surface area contributed by atoms with Gasteiger partial charge in [0.25, 0.3) is 0 Å². The van der Waals surface area contributed by atoms with E-state index in [1.807, 2.05) is 72.8 Å². The maximum Gasteiger partial charge on any atom is 0.107 e. The minimum atomic E-state index is -0.332. The molecule has 2 aromatic carbocycles. The zero-order valence-electron chi connectivity index (χ0n) is 12.5. The number of nitriles is 1. The smallest absolute Gasteiger partial charge is 0.107 e. The summed E-state index contributed by atoms with van der Waals surface area (Å²) in [6, 6.07) is 22.5. The molecule has 0 aliphatic carbocycles. The van der Waals surface area contributed by atoms with Crippen molar-refractivity contribution in [2.24, 2.45) is 5.92 Å². The van der Waals surface area contributed by atoms with Gasteiger partial charge in [-0.05, 0) is 17.2 Å². The lowest BCUT2D eigenvalue weighted by atomic mass is 9.83. The standard InChI is InChI=1S/C20H16N2S/c21-14-19-18(16-9-5-2-6-10-16)13-17(22-20(19)23)12-11-15-7-3-1-4-8-15/h1-13,18-19H,(H,22,23)/b12-11+. The van der Waals surface area contributed by atoms with Crippen LogP contribution in [0.5, 0.6) is 0 Å². The van der Waals surface area contributed by atoms with E-state index >= 15 is 0 Å². The summed E-state index contributed by atoms with van der Waals surface area (Å²) < 4.78 is 0. The fraction of sp³-hybridized carbons (Fsp3) is 0.100. The molecular formula is C20H16N2S. The molecule has 2 aromatic rings. The van der Waals surface area contributed by atoms with Crippen LogP contribution in [0.1, 0.15) is 17.0 Å². The van der Waals surface area contributed by atoms with Crippen LogP contribution in [0.2, 0.25) is 0 Å². The zero-order valence-corrected chi connectivity index (χ0v) is 13.3. The monoisotopic (exact) mass is 316 g/mol. The van der Waals surface area contributed by atoms with Gasteiger partial charge in [0.1, 0.15) is 5.92 Å². The predicted molar refractivity (Wildman–Crippen MR) is 97.6 cm³/mol. The number of rotatable bonds is 3. The van der Waals surface area contributed by atoms with E-state index in [0.29, 0.717) is 4.99 Å². The molecule has 1 aliphatic heterocycles. The van der Waals surface area contributed by atoms with Crippen LogP contribution >= 0.6 is 12.2 Å². The first-order chi connectivity index (χ1) is 11.3. The quantitative estimate of drug-likeness (QED) is 0.851. The molecule has 3 rings (SSSR count). The van der Waals surface area contributed by atoms with Crippen molar-refractivity contribution in [2.75, 3.05) is 0 Å². The number of hydrogen-bond acceptors (Lipinski definition) is 2. The summed E-state index contributed by atoms with van der Waals surface area (Å²) in [5.41, 5.74) is 3.16. The van der Waals surface area contributed by atoms with Crippen molar-refractivity contribution in [3.8, 4) is 6.07 Å². The van der Waals surface area contributed by atoms with E-state index in [4.69, 9.17) is 12.2 Å². The number of benzene rings is 2. The van der Waals surface area contributed by atoms with Gasteiger partial charge in [-0.3, -0.25) is 0 Å². The first kappa shape index (κ1) is 15.2. The summed E-state index contributed by atoms with van der Waals surface area (Å²) in [6.07, 6.45) is 6.12. The highest BCUT2D eigenvalue weighted by molar-refractivity contribution is 7.80. The van der Waals surface area contributed by atoms with Crippen LogP contribution < -0.4 is 5.32 Å². The van der Waals surface area contributed by atoms with Gasteiger partial charge in [-0.25, -0.2) is 0 Å². The van der Waals surface area contributed by atoms with E-state index in [0.717, 1.165) is 16.8 Å². The molecule has 3 heteroatoms. The molecule has 1 aliphatic rings. The predicted octanol–water partition coefficient (Wildman–Crippen LogP) is 4.44. The average molecular weight is 316 g/mol. The van der Waals surface area contributed by atoms with Crippen molar-refractivity contribution < 1.29 is 0 Å². The molecule has 0 saturated carbocycles. The highest BCUT2D eigenvalue weighted by atomic mass is 32.1. The molecule has 112 valence electrons. The van der Waals surface area contributed by atoms with Crippen molar-refractivity contribution in [3.63, 3.8) is 0 Å². The zero-order chi connectivity index (χ0) is 16.1. The van der Waals surface area contributed by atoms with Crippen LogP contribution in [0.3, 0.4) is 0 Å². The first-order valence-electron chi connectivity index (χ1n) is 7.48. The molecule has 2 atom stereocenters. The van der Waals surface area contributed by atoms with Gasteiger partial charge in [-0.2, -0.15) is 5.26 Å². The number of allylic oxidation sites excluding steroid dienone is 2. The van der Waals surface area contributed by atoms with Crippen molar-refractivity contribution in [2.45, 2.75) is 5.92 Å². The number of thiocarbonyl (C=S) groups is 1. The maximum absolute atomic E-state index is 9.46. The van der Waals surface area contributed by atoms with Gasteiger partial charge in [-0.15, -0.1) is 0 Å². The molecule has 1 N–H and O–H groups in total. The van der Waals surface area contributed by atoms with Crippen LogP contribution in [0.15, 0.2) is 78.5 Å². The third-order valence-corrected chi connectivity index (χ3v) is 4.20. The van der Waals surface area contributed by atoms with E-state index in [1.54, 1.807) is 0 Å². The van der Waals surface area contributed by atoms with E-state index < -0.39 is 0 Å². The van der Waals surface area contributed by atoms with Gasteiger partial charge < -0.3 is 5.32 Å². The Bertz CT molecular complexity index is 785. The molecule has 1 heterocycles. The van der Waals surface area contributed by atoms with Gasteiger partial charge >= 0.3 is 0 Å². The molecule has 0 amide bonds. The average Bonchev–Trinajstić information content (AvgIpc) is 2.61. The van der Waals surface area contributed by atoms with Crippen molar-refractivity contribution in [1.82, 2.24) is 5.32 Å². The molecule has 23 heavy (non-hydrogen) atoms. The lowest BCUT2D eigenvalue weighted by Gasteiger charge is -2.27. The Morgan fingerprint density at radius 1 is 0.957 bits per heavy atom. The third-order valence-electron chi connectivity index (χ3n) is 3.85. The Morgan fingerprint density at radius 3 is 2.26 bits per heavy atom. The summed E-state index contributed by atoms with van der Waals surface area (Å²) >= 11 is 5.40. The van der Waals surface area contributed by atoms with Gasteiger partial charge in [0.2, 0.25) is 0 Å². The fourth-order valence-electron chi connectivity index (χ4n) is 2.66. The lowest BCUT2D eigenvalue weighted by molar-refractivity contribution is 0.717. The minimum absolute atomic E-state index is 0.0228. The molecule has 0 spiro atoms. The van der Waals surface area contributed by atoms with E-state index in [-0.39, 0.29) is 11.8 Å². The molecule has 0 fully saturated rings. The second-order valence-corrected chi connectivity index (χ2v) is 5.84. The van der Waals surface area contributed by atoms with Gasteiger partial charge in [-0.1, -0.05) is 85.0 Å². The summed E-state index contributed by atoms with van der Waals surface area (Å²) in [5, 5.41) is 12.6. The van der Waals surface area contributed by atoms with Crippen LogP contribution in [0, 0.1) is 17.2 Å². The van der Waals surface area contributed by atoms with Crippen LogP contribution in [0.4, 0.5) is 0 Å². The Kier molecular flexibility index (Phi) is 4.65. The Hall–Kier alpha value is -2.70. The van der Waals surface area contributed by atoms with Crippen molar-refractivity contribution >= 4 is 23.3 Å². The summed E-state index contributed by atoms with van der Waals surface area (Å²) in [6.45, 7) is 0. The van der Waals surface area contributed by atoms with Crippen molar-refractivity contribution in [1.29, 1.82) is 5.26 Å². The number of nitrogens with zero attached hydrogens (tertiary/aromatic N) is 1. The molecule has 0 radical (unpaired) electrons. The number of hydrogen-bond donors (Lipinski definition) is 1. The molecule has 2 nitrogen and oxygen atoms in total. The highest BCUT2D eigenvalue weighted by Gasteiger charge is 2.29. The second-order valence-electron chi connectivity index (χ2n) is 5.40. The largest absolute Gasteiger partial charge is 0.349 e. The molecule has 0 bridgehead atoms. The summed E-state index contributed by atoms with van der Waals surface area (Å²) in [5.74, 6) is -0.355. The van der Waals surface area contributed by atoms with Gasteiger partial charge in [0.15, 0.2) is 0 Å². The third kappa shape index (κ3) is 3.56. The molecular weight excluding hydrogens is 300 g/mol. The molecule has 0 aromatic heterocycles. The normalized spacial score (nSPS) is 20.7. The molecule has 2 unspecified atom stereocenters. The Labute approximate surface area is 141 Å². The highest BCUT2D eigenvalue weighted by Crippen LogP contribution is 2.31. The number of nitrogens with one attached hydrogen (secondary N) is 1. The van der Waals surface area contributed by atoms with Crippen molar-refractivity contribution in [3.05, 3.63) is 89.6 Å². The Morgan fingerprint density at radius 2 is 1.61 bits per heavy atom. The van der Waals surface area contributed by atoms with E-state index in [1.165, 1.54) is 0 Å². The maximum atomic E-state index is 9.46. The van der Waals surface area contributed by atoms with Crippen LogP contribution in [-0.2, 0) is 0 Å². The Balaban J connectivity index is 1.92. The fourth-order valence-corrected chi connectivity index (χ4v) is 2.98. The van der Waals surface area contributed by atoms with E-state index in [2.05, 4.69) is 17.5 Å². The minimum Gasteiger partial charge on any atom is -0.349 e. The van der Waals surface area contributed by atoms with Gasteiger partial charge in [0.05, 0.1) is 11.1 Å². The van der Waals surface area contributed by atoms with Crippen LogP contribution in [-0.4, -0.2) is 4.99 Å². The topological polar surface area (TPSA) is 35.8 Å². The molecule has 0 saturated heterocycles. The SMILES string of the molecule is N#CC1C(=S)NC(/C=C/c2ccccc2)=CC1c1ccccc1. The van der Waals surface area contributed by atoms with Gasteiger partial charge in [0, 0.05) is 11.6 Å². The summed E-state index contributed by atoms with van der Waals surface area (Å²) in [4.78, 5) is 0.580.